The van der Waals surface area contributed by atoms with E-state index in [0.717, 1.165) is 23.5 Å². The summed E-state index contributed by atoms with van der Waals surface area (Å²) < 4.78 is 10.3. The van der Waals surface area contributed by atoms with Crippen LogP contribution in [0.5, 0.6) is 11.5 Å². The molecular weight excluding hydrogens is 242 g/mol. The lowest BCUT2D eigenvalue weighted by Gasteiger charge is -2.14. The van der Waals surface area contributed by atoms with Crippen LogP contribution in [0.4, 0.5) is 0 Å². The van der Waals surface area contributed by atoms with Crippen LogP contribution < -0.4 is 15.2 Å². The van der Waals surface area contributed by atoms with Crippen LogP contribution >= 0.6 is 12.4 Å². The van der Waals surface area contributed by atoms with Crippen molar-refractivity contribution in [3.05, 3.63) is 23.8 Å². The number of nitrogens with two attached hydrogens (primary N) is 1. The van der Waals surface area contributed by atoms with Gasteiger partial charge in [-0.1, -0.05) is 0 Å². The van der Waals surface area contributed by atoms with E-state index >= 15 is 0 Å². The highest BCUT2D eigenvalue weighted by molar-refractivity contribution is 5.85. The molecule has 0 amide bonds. The van der Waals surface area contributed by atoms with Gasteiger partial charge in [0, 0.05) is 18.7 Å². The van der Waals surface area contributed by atoms with Crippen LogP contribution in [0.3, 0.4) is 0 Å². The molecule has 0 aliphatic carbocycles. The van der Waals surface area contributed by atoms with Crippen LogP contribution in [-0.4, -0.2) is 25.9 Å². The fourth-order valence-electron chi connectivity index (χ4n) is 1.52. The Morgan fingerprint density at radius 3 is 2.12 bits per heavy atom. The molecule has 3 N–H and O–H groups in total. The Balaban J connectivity index is 0.00000256. The van der Waals surface area contributed by atoms with Gasteiger partial charge in [0.15, 0.2) is 0 Å². The predicted octanol–water partition coefficient (Wildman–Crippen LogP) is 1.90. The van der Waals surface area contributed by atoms with Crippen molar-refractivity contribution in [2.24, 2.45) is 5.73 Å². The highest BCUT2D eigenvalue weighted by atomic mass is 35.5. The van der Waals surface area contributed by atoms with Crippen molar-refractivity contribution in [2.45, 2.75) is 18.9 Å². The molecule has 5 heteroatoms. The van der Waals surface area contributed by atoms with E-state index in [1.54, 1.807) is 14.2 Å². The summed E-state index contributed by atoms with van der Waals surface area (Å²) in [4.78, 5) is 0. The fraction of sp³-hybridized carbons (Fsp3) is 0.500. The summed E-state index contributed by atoms with van der Waals surface area (Å²) in [5.74, 6) is 1.46. The molecule has 0 fully saturated rings. The van der Waals surface area contributed by atoms with E-state index in [1.807, 2.05) is 18.2 Å². The second-order valence-electron chi connectivity index (χ2n) is 3.62. The molecule has 1 aromatic rings. The Labute approximate surface area is 108 Å². The molecule has 0 bridgehead atoms. The van der Waals surface area contributed by atoms with E-state index < -0.39 is 0 Å². The van der Waals surface area contributed by atoms with Crippen molar-refractivity contribution >= 4 is 12.4 Å². The smallest absolute Gasteiger partial charge is 0.122 e. The Morgan fingerprint density at radius 2 is 1.71 bits per heavy atom. The predicted molar refractivity (Wildman–Crippen MR) is 70.0 cm³/mol. The third-order valence-corrected chi connectivity index (χ3v) is 2.48. The van der Waals surface area contributed by atoms with Crippen molar-refractivity contribution in [1.82, 2.24) is 0 Å². The Morgan fingerprint density at radius 1 is 1.18 bits per heavy atom. The molecule has 98 valence electrons. The first kappa shape index (κ1) is 16.0. The molecule has 1 aromatic carbocycles. The van der Waals surface area contributed by atoms with Gasteiger partial charge in [0.25, 0.3) is 0 Å². The van der Waals surface area contributed by atoms with Crippen molar-refractivity contribution in [3.63, 3.8) is 0 Å². The van der Waals surface area contributed by atoms with Gasteiger partial charge in [-0.15, -0.1) is 12.4 Å². The number of hydrogen-bond donors (Lipinski definition) is 2. The minimum absolute atomic E-state index is 0. The van der Waals surface area contributed by atoms with E-state index in [0.29, 0.717) is 6.42 Å². The average Bonchev–Trinajstić information content (AvgIpc) is 2.35. The zero-order chi connectivity index (χ0) is 12.0. The highest BCUT2D eigenvalue weighted by Crippen LogP contribution is 2.27. The van der Waals surface area contributed by atoms with Gasteiger partial charge in [0.05, 0.1) is 14.2 Å². The number of rotatable bonds is 6. The molecule has 0 spiro atoms. The van der Waals surface area contributed by atoms with Gasteiger partial charge in [0.1, 0.15) is 11.5 Å². The molecule has 17 heavy (non-hydrogen) atoms. The van der Waals surface area contributed by atoms with Crippen LogP contribution in [0.15, 0.2) is 18.2 Å². The van der Waals surface area contributed by atoms with E-state index in [1.165, 1.54) is 0 Å². The lowest BCUT2D eigenvalue weighted by molar-refractivity contribution is 0.280. The maximum atomic E-state index is 8.76. The molecule has 0 saturated carbocycles. The molecule has 0 aliphatic rings. The molecular formula is C12H20ClNO3. The lowest BCUT2D eigenvalue weighted by atomic mass is 10.0. The number of aliphatic hydroxyl groups is 1. The van der Waals surface area contributed by atoms with Gasteiger partial charge in [-0.2, -0.15) is 0 Å². The maximum absolute atomic E-state index is 8.76. The van der Waals surface area contributed by atoms with E-state index in [9.17, 15) is 0 Å². The minimum Gasteiger partial charge on any atom is -0.497 e. The van der Waals surface area contributed by atoms with Gasteiger partial charge < -0.3 is 20.3 Å². The normalized spacial score (nSPS) is 11.5. The van der Waals surface area contributed by atoms with Crippen molar-refractivity contribution < 1.29 is 14.6 Å². The number of ether oxygens (including phenoxy) is 2. The summed E-state index contributed by atoms with van der Waals surface area (Å²) in [7, 11) is 3.22. The van der Waals surface area contributed by atoms with Crippen LogP contribution in [-0.2, 0) is 0 Å². The molecule has 0 heterocycles. The third kappa shape index (κ3) is 4.81. The molecule has 0 saturated heterocycles. The summed E-state index contributed by atoms with van der Waals surface area (Å²) >= 11 is 0. The topological polar surface area (TPSA) is 64.7 Å². The number of methoxy groups -OCH3 is 2. The van der Waals surface area contributed by atoms with Crippen molar-refractivity contribution in [2.75, 3.05) is 20.8 Å². The molecule has 0 unspecified atom stereocenters. The summed E-state index contributed by atoms with van der Waals surface area (Å²) in [5.41, 5.74) is 6.97. The highest BCUT2D eigenvalue weighted by Gasteiger charge is 2.09. The standard InChI is InChI=1S/C12H19NO3.ClH/c1-15-10-6-9(7-11(8-10)16-2)12(13)4-3-5-14;/h6-8,12,14H,3-5,13H2,1-2H3;1H/t12-;/m1./s1. The Bertz CT molecular complexity index is 311. The molecule has 0 aromatic heterocycles. The van der Waals surface area contributed by atoms with Gasteiger partial charge in [-0.3, -0.25) is 0 Å². The molecule has 0 aliphatic heterocycles. The van der Waals surface area contributed by atoms with E-state index in [4.69, 9.17) is 20.3 Å². The zero-order valence-electron chi connectivity index (χ0n) is 10.2. The summed E-state index contributed by atoms with van der Waals surface area (Å²) in [5, 5.41) is 8.76. The van der Waals surface area contributed by atoms with Crippen LogP contribution in [0.25, 0.3) is 0 Å². The number of hydrogen-bond acceptors (Lipinski definition) is 4. The van der Waals surface area contributed by atoms with Crippen molar-refractivity contribution in [1.29, 1.82) is 0 Å². The monoisotopic (exact) mass is 261 g/mol. The van der Waals surface area contributed by atoms with E-state index in [-0.39, 0.29) is 25.1 Å². The molecule has 1 rings (SSSR count). The van der Waals surface area contributed by atoms with Gasteiger partial charge in [-0.25, -0.2) is 0 Å². The second-order valence-corrected chi connectivity index (χ2v) is 3.62. The molecule has 4 nitrogen and oxygen atoms in total. The first-order valence-corrected chi connectivity index (χ1v) is 5.30. The molecule has 0 radical (unpaired) electrons. The average molecular weight is 262 g/mol. The second kappa shape index (κ2) is 8.17. The largest absolute Gasteiger partial charge is 0.497 e. The molecule has 1 atom stereocenters. The van der Waals surface area contributed by atoms with Gasteiger partial charge >= 0.3 is 0 Å². The fourth-order valence-corrected chi connectivity index (χ4v) is 1.52. The lowest BCUT2D eigenvalue weighted by Crippen LogP contribution is -2.11. The number of aliphatic hydroxyl groups excluding tert-OH is 1. The maximum Gasteiger partial charge on any atom is 0.122 e. The van der Waals surface area contributed by atoms with Crippen LogP contribution in [0.2, 0.25) is 0 Å². The van der Waals surface area contributed by atoms with Gasteiger partial charge in [-0.05, 0) is 30.5 Å². The van der Waals surface area contributed by atoms with Crippen LogP contribution in [0.1, 0.15) is 24.4 Å². The SMILES string of the molecule is COc1cc(OC)cc([C@H](N)CCCO)c1.Cl. The summed E-state index contributed by atoms with van der Waals surface area (Å²) in [6.07, 6.45) is 1.44. The minimum atomic E-state index is -0.101. The first-order chi connectivity index (χ1) is 7.71. The number of halogens is 1. The van der Waals surface area contributed by atoms with E-state index in [2.05, 4.69) is 0 Å². The Hall–Kier alpha value is -0.970. The Kier molecular flexibility index (Phi) is 7.70. The van der Waals surface area contributed by atoms with Gasteiger partial charge in [0.2, 0.25) is 0 Å². The van der Waals surface area contributed by atoms with Crippen molar-refractivity contribution in [3.8, 4) is 11.5 Å². The zero-order valence-corrected chi connectivity index (χ0v) is 11.0. The quantitative estimate of drug-likeness (QED) is 0.821. The number of benzene rings is 1. The summed E-state index contributed by atoms with van der Waals surface area (Å²) in [6.45, 7) is 0.162. The summed E-state index contributed by atoms with van der Waals surface area (Å²) in [6, 6.07) is 5.49. The first-order valence-electron chi connectivity index (χ1n) is 5.30. The van der Waals surface area contributed by atoms with Crippen LogP contribution in [0, 0.1) is 0 Å². The third-order valence-electron chi connectivity index (χ3n) is 2.48.